The van der Waals surface area contributed by atoms with Gasteiger partial charge in [-0.05, 0) is 44.4 Å². The van der Waals surface area contributed by atoms with Crippen molar-refractivity contribution in [1.29, 1.82) is 0 Å². The lowest BCUT2D eigenvalue weighted by molar-refractivity contribution is -0.153. The molecule has 0 spiro atoms. The molecule has 1 saturated carbocycles. The Morgan fingerprint density at radius 2 is 1.84 bits per heavy atom. The van der Waals surface area contributed by atoms with Gasteiger partial charge < -0.3 is 10.2 Å². The zero-order valence-corrected chi connectivity index (χ0v) is 12.5. The molecule has 2 unspecified atom stereocenters. The number of hydrogen-bond donors (Lipinski definition) is 1. The summed E-state index contributed by atoms with van der Waals surface area (Å²) in [6.07, 6.45) is 5.01. The van der Waals surface area contributed by atoms with Crippen molar-refractivity contribution < 1.29 is 9.59 Å². The average molecular weight is 266 g/mol. The fourth-order valence-corrected chi connectivity index (χ4v) is 3.35. The van der Waals surface area contributed by atoms with Gasteiger partial charge in [0.2, 0.25) is 11.8 Å². The van der Waals surface area contributed by atoms with Crippen molar-refractivity contribution in [1.82, 2.24) is 10.2 Å². The lowest BCUT2D eigenvalue weighted by Gasteiger charge is -2.46. The Balaban J connectivity index is 2.15. The molecule has 1 heterocycles. The number of nitrogens with one attached hydrogen (secondary N) is 1. The number of nitrogens with zero attached hydrogens (tertiary/aromatic N) is 1. The summed E-state index contributed by atoms with van der Waals surface area (Å²) in [6, 6.07) is -0.390. The van der Waals surface area contributed by atoms with Gasteiger partial charge in [0.15, 0.2) is 0 Å². The van der Waals surface area contributed by atoms with Crippen molar-refractivity contribution in [2.75, 3.05) is 0 Å². The van der Waals surface area contributed by atoms with Crippen LogP contribution < -0.4 is 5.32 Å². The summed E-state index contributed by atoms with van der Waals surface area (Å²) in [4.78, 5) is 26.4. The molecular formula is C15H26N2O2. The molecule has 1 saturated heterocycles. The van der Waals surface area contributed by atoms with Gasteiger partial charge in [-0.2, -0.15) is 0 Å². The van der Waals surface area contributed by atoms with E-state index in [0.717, 1.165) is 25.7 Å². The van der Waals surface area contributed by atoms with Crippen molar-refractivity contribution in [3.05, 3.63) is 0 Å². The second kappa shape index (κ2) is 5.14. The molecule has 0 bridgehead atoms. The molecule has 1 aliphatic heterocycles. The van der Waals surface area contributed by atoms with Crippen LogP contribution in [0.15, 0.2) is 0 Å². The number of carbonyl (C=O) groups is 2. The fraction of sp³-hybridized carbons (Fsp3) is 0.867. The predicted molar refractivity (Wildman–Crippen MR) is 74.6 cm³/mol. The third kappa shape index (κ3) is 2.77. The van der Waals surface area contributed by atoms with Crippen molar-refractivity contribution in [3.8, 4) is 0 Å². The van der Waals surface area contributed by atoms with E-state index in [2.05, 4.69) is 19.2 Å². The standard InChI is InChI=1S/C15H26N2O2/c1-5-12-13(18)16-10(2)14(19)17(12)11-6-8-15(3,4)9-7-11/h10-12H,5-9H2,1-4H3,(H,16,18). The molecule has 0 radical (unpaired) electrons. The van der Waals surface area contributed by atoms with Crippen LogP contribution in [0.5, 0.6) is 0 Å². The Bertz CT molecular complexity index is 368. The molecule has 1 aliphatic carbocycles. The smallest absolute Gasteiger partial charge is 0.245 e. The van der Waals surface area contributed by atoms with Crippen LogP contribution in [-0.4, -0.2) is 34.8 Å². The summed E-state index contributed by atoms with van der Waals surface area (Å²) in [5.74, 6) is 0.107. The summed E-state index contributed by atoms with van der Waals surface area (Å²) < 4.78 is 0. The molecule has 2 fully saturated rings. The van der Waals surface area contributed by atoms with E-state index in [1.807, 2.05) is 11.8 Å². The van der Waals surface area contributed by atoms with E-state index < -0.39 is 0 Å². The highest BCUT2D eigenvalue weighted by Gasteiger charge is 2.42. The Morgan fingerprint density at radius 3 is 2.37 bits per heavy atom. The number of piperazine rings is 1. The molecule has 19 heavy (non-hydrogen) atoms. The van der Waals surface area contributed by atoms with Gasteiger partial charge in [-0.25, -0.2) is 0 Å². The SMILES string of the molecule is CCC1C(=O)NC(C)C(=O)N1C1CCC(C)(C)CC1. The zero-order chi connectivity index (χ0) is 14.2. The third-order valence-corrected chi connectivity index (χ3v) is 4.71. The van der Waals surface area contributed by atoms with E-state index in [9.17, 15) is 9.59 Å². The molecule has 0 aromatic carbocycles. The molecule has 4 heteroatoms. The molecular weight excluding hydrogens is 240 g/mol. The van der Waals surface area contributed by atoms with Crippen LogP contribution in [0.4, 0.5) is 0 Å². The molecule has 108 valence electrons. The molecule has 4 nitrogen and oxygen atoms in total. The Labute approximate surface area is 115 Å². The van der Waals surface area contributed by atoms with Crippen molar-refractivity contribution >= 4 is 11.8 Å². The minimum atomic E-state index is -0.370. The summed E-state index contributed by atoms with van der Waals surface area (Å²) in [5.41, 5.74) is 0.380. The molecule has 2 atom stereocenters. The normalized spacial score (nSPS) is 32.3. The van der Waals surface area contributed by atoms with E-state index in [-0.39, 0.29) is 29.9 Å². The predicted octanol–water partition coefficient (Wildman–Crippen LogP) is 2.08. The number of rotatable bonds is 2. The maximum atomic E-state index is 12.4. The van der Waals surface area contributed by atoms with Crippen LogP contribution in [0, 0.1) is 5.41 Å². The van der Waals surface area contributed by atoms with Crippen molar-refractivity contribution in [2.45, 2.75) is 77.9 Å². The first-order valence-corrected chi connectivity index (χ1v) is 7.48. The average Bonchev–Trinajstić information content (AvgIpc) is 2.34. The molecule has 2 aliphatic rings. The number of hydrogen-bond acceptors (Lipinski definition) is 2. The molecule has 0 aromatic rings. The highest BCUT2D eigenvalue weighted by atomic mass is 16.2. The van der Waals surface area contributed by atoms with Gasteiger partial charge in [0.25, 0.3) is 0 Å². The molecule has 2 amide bonds. The Hall–Kier alpha value is -1.06. The van der Waals surface area contributed by atoms with E-state index in [1.54, 1.807) is 6.92 Å². The van der Waals surface area contributed by atoms with Gasteiger partial charge in [0, 0.05) is 6.04 Å². The molecule has 2 rings (SSSR count). The van der Waals surface area contributed by atoms with Crippen LogP contribution >= 0.6 is 0 Å². The number of carbonyl (C=O) groups excluding carboxylic acids is 2. The third-order valence-electron chi connectivity index (χ3n) is 4.71. The topological polar surface area (TPSA) is 49.4 Å². The lowest BCUT2D eigenvalue weighted by atomic mass is 9.74. The Kier molecular flexibility index (Phi) is 3.88. The monoisotopic (exact) mass is 266 g/mol. The van der Waals surface area contributed by atoms with Crippen LogP contribution in [0.1, 0.15) is 59.8 Å². The van der Waals surface area contributed by atoms with Gasteiger partial charge in [-0.1, -0.05) is 20.8 Å². The summed E-state index contributed by atoms with van der Waals surface area (Å²) in [5, 5.41) is 2.79. The van der Waals surface area contributed by atoms with Crippen LogP contribution in [-0.2, 0) is 9.59 Å². The quantitative estimate of drug-likeness (QED) is 0.832. The molecule has 0 aromatic heterocycles. The summed E-state index contributed by atoms with van der Waals surface area (Å²) in [7, 11) is 0. The van der Waals surface area contributed by atoms with Gasteiger partial charge in [0.1, 0.15) is 12.1 Å². The maximum absolute atomic E-state index is 12.4. The second-order valence-electron chi connectivity index (χ2n) is 6.80. The lowest BCUT2D eigenvalue weighted by Crippen LogP contribution is -2.65. The Morgan fingerprint density at radius 1 is 1.26 bits per heavy atom. The van der Waals surface area contributed by atoms with Gasteiger partial charge >= 0.3 is 0 Å². The molecule has 1 N–H and O–H groups in total. The first-order chi connectivity index (χ1) is 8.85. The van der Waals surface area contributed by atoms with E-state index >= 15 is 0 Å². The minimum Gasteiger partial charge on any atom is -0.343 e. The van der Waals surface area contributed by atoms with Crippen molar-refractivity contribution in [2.24, 2.45) is 5.41 Å². The van der Waals surface area contributed by atoms with Gasteiger partial charge in [-0.15, -0.1) is 0 Å². The zero-order valence-electron chi connectivity index (χ0n) is 12.5. The first kappa shape index (κ1) is 14.4. The van der Waals surface area contributed by atoms with E-state index in [1.165, 1.54) is 0 Å². The first-order valence-electron chi connectivity index (χ1n) is 7.48. The van der Waals surface area contributed by atoms with E-state index in [0.29, 0.717) is 11.8 Å². The van der Waals surface area contributed by atoms with Crippen LogP contribution in [0.25, 0.3) is 0 Å². The number of amides is 2. The van der Waals surface area contributed by atoms with Gasteiger partial charge in [-0.3, -0.25) is 9.59 Å². The highest BCUT2D eigenvalue weighted by molar-refractivity contribution is 5.96. The van der Waals surface area contributed by atoms with Crippen molar-refractivity contribution in [3.63, 3.8) is 0 Å². The maximum Gasteiger partial charge on any atom is 0.245 e. The second-order valence-corrected chi connectivity index (χ2v) is 6.80. The van der Waals surface area contributed by atoms with Gasteiger partial charge in [0.05, 0.1) is 0 Å². The van der Waals surface area contributed by atoms with E-state index in [4.69, 9.17) is 0 Å². The van der Waals surface area contributed by atoms with Crippen LogP contribution in [0.3, 0.4) is 0 Å². The summed E-state index contributed by atoms with van der Waals surface area (Å²) in [6.45, 7) is 8.33. The minimum absolute atomic E-state index is 0.0134. The highest BCUT2D eigenvalue weighted by Crippen LogP contribution is 2.38. The largest absolute Gasteiger partial charge is 0.343 e. The van der Waals surface area contributed by atoms with Crippen LogP contribution in [0.2, 0.25) is 0 Å². The fourth-order valence-electron chi connectivity index (χ4n) is 3.35. The summed E-state index contributed by atoms with van der Waals surface area (Å²) >= 11 is 0.